The van der Waals surface area contributed by atoms with E-state index in [0.717, 1.165) is 18.3 Å². The summed E-state index contributed by atoms with van der Waals surface area (Å²) in [6.07, 6.45) is 6.27. The normalized spacial score (nSPS) is 26.6. The highest BCUT2D eigenvalue weighted by Crippen LogP contribution is 2.36. The Morgan fingerprint density at radius 3 is 2.75 bits per heavy atom. The second-order valence-corrected chi connectivity index (χ2v) is 6.49. The quantitative estimate of drug-likeness (QED) is 0.778. The van der Waals surface area contributed by atoms with Crippen LogP contribution >= 0.6 is 0 Å². The molecule has 0 aromatic carbocycles. The van der Waals surface area contributed by atoms with Gasteiger partial charge in [-0.2, -0.15) is 0 Å². The van der Waals surface area contributed by atoms with Crippen molar-refractivity contribution in [2.45, 2.75) is 53.1 Å². The fourth-order valence-corrected chi connectivity index (χ4v) is 3.17. The Kier molecular flexibility index (Phi) is 4.79. The van der Waals surface area contributed by atoms with E-state index in [1.165, 1.54) is 12.8 Å². The summed E-state index contributed by atoms with van der Waals surface area (Å²) in [4.78, 5) is 15.1. The van der Waals surface area contributed by atoms with Crippen molar-refractivity contribution in [2.75, 3.05) is 0 Å². The molecule has 1 aromatic rings. The molecule has 110 valence electrons. The summed E-state index contributed by atoms with van der Waals surface area (Å²) >= 11 is 0. The van der Waals surface area contributed by atoms with Crippen molar-refractivity contribution in [3.05, 3.63) is 23.4 Å². The zero-order valence-corrected chi connectivity index (χ0v) is 12.9. The first-order chi connectivity index (χ1) is 9.51. The monoisotopic (exact) mass is 275 g/mol. The fraction of sp³-hybridized carbons (Fsp3) is 0.647. The molecule has 3 unspecified atom stereocenters. The minimum absolute atomic E-state index is 0.243. The molecule has 1 aliphatic rings. The van der Waals surface area contributed by atoms with Crippen LogP contribution in [0.1, 0.15) is 56.0 Å². The van der Waals surface area contributed by atoms with E-state index in [1.54, 1.807) is 6.20 Å². The lowest BCUT2D eigenvalue weighted by molar-refractivity contribution is 0.0421. The number of carbonyl (C=O) groups is 1. The smallest absolute Gasteiger partial charge is 0.216 e. The molecule has 0 radical (unpaired) electrons. The van der Waals surface area contributed by atoms with Crippen LogP contribution in [0.4, 0.5) is 0 Å². The molecule has 0 amide bonds. The van der Waals surface area contributed by atoms with E-state index < -0.39 is 0 Å². The lowest BCUT2D eigenvalue weighted by Gasteiger charge is -2.37. The molecule has 3 heteroatoms. The van der Waals surface area contributed by atoms with E-state index in [0.29, 0.717) is 29.2 Å². The van der Waals surface area contributed by atoms with Crippen molar-refractivity contribution < 1.29 is 9.53 Å². The van der Waals surface area contributed by atoms with Gasteiger partial charge >= 0.3 is 0 Å². The second kappa shape index (κ2) is 6.38. The molecule has 20 heavy (non-hydrogen) atoms. The van der Waals surface area contributed by atoms with Gasteiger partial charge in [0.1, 0.15) is 6.10 Å². The molecule has 3 atom stereocenters. The zero-order chi connectivity index (χ0) is 14.7. The minimum Gasteiger partial charge on any atom is -0.474 e. The summed E-state index contributed by atoms with van der Waals surface area (Å²) in [6, 6.07) is 1.84. The van der Waals surface area contributed by atoms with E-state index in [9.17, 15) is 4.79 Å². The van der Waals surface area contributed by atoms with Crippen LogP contribution in [0.25, 0.3) is 0 Å². The van der Waals surface area contributed by atoms with Crippen LogP contribution in [0.5, 0.6) is 5.88 Å². The standard InChI is InChI=1S/C17H25NO2/c1-11(2)15-6-5-12(3)7-16(15)20-17-13(4)8-14(10-19)9-18-17/h8-12,15-16H,5-7H2,1-4H3. The highest BCUT2D eigenvalue weighted by atomic mass is 16.5. The minimum atomic E-state index is 0.243. The zero-order valence-electron chi connectivity index (χ0n) is 12.9. The van der Waals surface area contributed by atoms with Gasteiger partial charge in [0.05, 0.1) is 0 Å². The molecule has 1 heterocycles. The largest absolute Gasteiger partial charge is 0.474 e. The Morgan fingerprint density at radius 2 is 2.15 bits per heavy atom. The molecule has 0 aliphatic heterocycles. The van der Waals surface area contributed by atoms with E-state index in [4.69, 9.17) is 4.74 Å². The molecule has 1 fully saturated rings. The van der Waals surface area contributed by atoms with Gasteiger partial charge in [0, 0.05) is 17.3 Å². The molecular weight excluding hydrogens is 250 g/mol. The summed E-state index contributed by atoms with van der Waals surface area (Å²) in [7, 11) is 0. The Labute approximate surface area is 121 Å². The third-order valence-corrected chi connectivity index (χ3v) is 4.41. The first kappa shape index (κ1) is 15.0. The maximum atomic E-state index is 10.8. The number of ether oxygens (including phenoxy) is 1. The molecular formula is C17H25NO2. The predicted molar refractivity (Wildman–Crippen MR) is 80.1 cm³/mol. The van der Waals surface area contributed by atoms with Gasteiger partial charge in [-0.3, -0.25) is 4.79 Å². The van der Waals surface area contributed by atoms with Crippen LogP contribution in [-0.4, -0.2) is 17.4 Å². The number of carbonyl (C=O) groups excluding carboxylic acids is 1. The molecule has 0 saturated heterocycles. The van der Waals surface area contributed by atoms with E-state index in [-0.39, 0.29) is 6.10 Å². The molecule has 1 aromatic heterocycles. The summed E-state index contributed by atoms with van der Waals surface area (Å²) in [6.45, 7) is 8.79. The number of aromatic nitrogens is 1. The third-order valence-electron chi connectivity index (χ3n) is 4.41. The molecule has 1 saturated carbocycles. The lowest BCUT2D eigenvalue weighted by atomic mass is 9.75. The van der Waals surface area contributed by atoms with Crippen molar-refractivity contribution in [2.24, 2.45) is 17.8 Å². The van der Waals surface area contributed by atoms with Crippen molar-refractivity contribution >= 4 is 6.29 Å². The number of rotatable bonds is 4. The fourth-order valence-electron chi connectivity index (χ4n) is 3.17. The van der Waals surface area contributed by atoms with Crippen molar-refractivity contribution in [3.63, 3.8) is 0 Å². The predicted octanol–water partition coefficient (Wildman–Crippen LogP) is 4.04. The third kappa shape index (κ3) is 3.38. The summed E-state index contributed by atoms with van der Waals surface area (Å²) < 4.78 is 6.20. The van der Waals surface area contributed by atoms with Crippen LogP contribution in [-0.2, 0) is 0 Å². The van der Waals surface area contributed by atoms with E-state index in [2.05, 4.69) is 25.8 Å². The van der Waals surface area contributed by atoms with Crippen LogP contribution in [0, 0.1) is 24.7 Å². The number of hydrogen-bond donors (Lipinski definition) is 0. The van der Waals surface area contributed by atoms with Gasteiger partial charge in [-0.05, 0) is 43.6 Å². The van der Waals surface area contributed by atoms with Crippen molar-refractivity contribution in [1.82, 2.24) is 4.98 Å². The first-order valence-electron chi connectivity index (χ1n) is 7.59. The van der Waals surface area contributed by atoms with Crippen LogP contribution in [0.15, 0.2) is 12.3 Å². The average molecular weight is 275 g/mol. The number of hydrogen-bond acceptors (Lipinski definition) is 3. The van der Waals surface area contributed by atoms with Crippen LogP contribution < -0.4 is 4.74 Å². The Hall–Kier alpha value is -1.38. The Morgan fingerprint density at radius 1 is 1.40 bits per heavy atom. The molecule has 0 bridgehead atoms. The van der Waals surface area contributed by atoms with E-state index >= 15 is 0 Å². The van der Waals surface area contributed by atoms with Crippen LogP contribution in [0.2, 0.25) is 0 Å². The van der Waals surface area contributed by atoms with Gasteiger partial charge in [0.2, 0.25) is 5.88 Å². The Bertz CT molecular complexity index is 470. The lowest BCUT2D eigenvalue weighted by Crippen LogP contribution is -2.36. The number of nitrogens with zero attached hydrogens (tertiary/aromatic N) is 1. The van der Waals surface area contributed by atoms with Gasteiger partial charge in [-0.15, -0.1) is 0 Å². The summed E-state index contributed by atoms with van der Waals surface area (Å²) in [5.74, 6) is 2.62. The number of aldehydes is 1. The van der Waals surface area contributed by atoms with Gasteiger partial charge in [0.25, 0.3) is 0 Å². The van der Waals surface area contributed by atoms with Gasteiger partial charge < -0.3 is 4.74 Å². The maximum Gasteiger partial charge on any atom is 0.216 e. The molecule has 0 spiro atoms. The van der Waals surface area contributed by atoms with Crippen LogP contribution in [0.3, 0.4) is 0 Å². The highest BCUT2D eigenvalue weighted by Gasteiger charge is 2.32. The van der Waals surface area contributed by atoms with Crippen molar-refractivity contribution in [3.8, 4) is 5.88 Å². The topological polar surface area (TPSA) is 39.2 Å². The van der Waals surface area contributed by atoms with E-state index in [1.807, 2.05) is 13.0 Å². The second-order valence-electron chi connectivity index (χ2n) is 6.49. The maximum absolute atomic E-state index is 10.8. The Balaban J connectivity index is 2.15. The van der Waals surface area contributed by atoms with Gasteiger partial charge in [-0.25, -0.2) is 4.98 Å². The number of aryl methyl sites for hydroxylation is 1. The number of pyridine rings is 1. The molecule has 0 N–H and O–H groups in total. The SMILES string of the molecule is Cc1cc(C=O)cnc1OC1CC(C)CCC1C(C)C. The molecule has 3 nitrogen and oxygen atoms in total. The van der Waals surface area contributed by atoms with Crippen molar-refractivity contribution in [1.29, 1.82) is 0 Å². The highest BCUT2D eigenvalue weighted by molar-refractivity contribution is 5.74. The first-order valence-corrected chi connectivity index (χ1v) is 7.59. The van der Waals surface area contributed by atoms with Gasteiger partial charge in [0.15, 0.2) is 6.29 Å². The molecule has 1 aliphatic carbocycles. The average Bonchev–Trinajstić information content (AvgIpc) is 2.40. The summed E-state index contributed by atoms with van der Waals surface area (Å²) in [5, 5.41) is 0. The van der Waals surface area contributed by atoms with Gasteiger partial charge in [-0.1, -0.05) is 27.2 Å². The summed E-state index contributed by atoms with van der Waals surface area (Å²) in [5.41, 5.74) is 1.54. The molecule has 2 rings (SSSR count).